The number of ether oxygens (including phenoxy) is 1. The predicted octanol–water partition coefficient (Wildman–Crippen LogP) is 2.16. The normalized spacial score (nSPS) is 22.1. The number of pyridine rings is 1. The fourth-order valence-electron chi connectivity index (χ4n) is 3.12. The number of thioether (sulfide) groups is 1. The van der Waals surface area contributed by atoms with E-state index < -0.39 is 0 Å². The molecule has 1 atom stereocenters. The number of carbonyl (C=O) groups excluding carboxylic acids is 1. The zero-order valence-electron chi connectivity index (χ0n) is 12.8. The molecule has 0 saturated carbocycles. The number of likely N-dealkylation sites (tertiary alicyclic amines) is 1. The summed E-state index contributed by atoms with van der Waals surface area (Å²) in [5.74, 6) is 2.00. The Balaban J connectivity index is 1.33. The van der Waals surface area contributed by atoms with Gasteiger partial charge in [0.15, 0.2) is 0 Å². The molecule has 2 fully saturated rings. The lowest BCUT2D eigenvalue weighted by atomic mass is 9.92. The second kappa shape index (κ2) is 5.56. The smallest absolute Gasteiger partial charge is 0.292 e. The first-order valence-corrected chi connectivity index (χ1v) is 8.55. The quantitative estimate of drug-likeness (QED) is 0.858. The van der Waals surface area contributed by atoms with Gasteiger partial charge in [-0.15, -0.1) is 11.8 Å². The van der Waals surface area contributed by atoms with Gasteiger partial charge in [-0.05, 0) is 19.1 Å². The van der Waals surface area contributed by atoms with Crippen molar-refractivity contribution in [1.82, 2.24) is 15.0 Å². The van der Waals surface area contributed by atoms with Crippen molar-refractivity contribution in [1.29, 1.82) is 0 Å². The molecule has 0 bridgehead atoms. The minimum absolute atomic E-state index is 0.0755. The van der Waals surface area contributed by atoms with Gasteiger partial charge < -0.3 is 14.2 Å². The number of carbonyl (C=O) groups is 1. The lowest BCUT2D eigenvalue weighted by Crippen LogP contribution is -2.60. The minimum Gasteiger partial charge on any atom is -0.488 e. The van der Waals surface area contributed by atoms with Gasteiger partial charge in [0.2, 0.25) is 5.76 Å². The molecule has 23 heavy (non-hydrogen) atoms. The second-order valence-electron chi connectivity index (χ2n) is 6.12. The molecule has 0 aromatic carbocycles. The number of hydrogen-bond donors (Lipinski definition) is 0. The average Bonchev–Trinajstić information content (AvgIpc) is 3.13. The van der Waals surface area contributed by atoms with Gasteiger partial charge in [0.1, 0.15) is 11.9 Å². The van der Waals surface area contributed by atoms with Gasteiger partial charge in [-0.3, -0.25) is 9.78 Å². The van der Waals surface area contributed by atoms with Crippen molar-refractivity contribution in [2.75, 3.05) is 18.8 Å². The maximum absolute atomic E-state index is 12.3. The van der Waals surface area contributed by atoms with E-state index in [-0.39, 0.29) is 16.8 Å². The molecular weight excluding hydrogens is 314 g/mol. The molecule has 2 aromatic heterocycles. The van der Waals surface area contributed by atoms with Crippen LogP contribution in [0, 0.1) is 6.92 Å². The van der Waals surface area contributed by atoms with Crippen molar-refractivity contribution in [3.05, 3.63) is 42.0 Å². The summed E-state index contributed by atoms with van der Waals surface area (Å²) in [7, 11) is 0. The van der Waals surface area contributed by atoms with Crippen molar-refractivity contribution in [3.8, 4) is 5.75 Å². The SMILES string of the molecule is Cc1cc(C(=O)N2CC3(C[C@@H](Oc4cccnc4)CS3)C2)on1. The molecule has 0 N–H and O–H groups in total. The van der Waals surface area contributed by atoms with Crippen molar-refractivity contribution in [3.63, 3.8) is 0 Å². The first-order chi connectivity index (χ1) is 11.1. The third-order valence-electron chi connectivity index (χ3n) is 4.20. The Bertz CT molecular complexity index is 712. The summed E-state index contributed by atoms with van der Waals surface area (Å²) in [5.41, 5.74) is 0.726. The Kier molecular flexibility index (Phi) is 3.52. The molecule has 4 heterocycles. The van der Waals surface area contributed by atoms with E-state index in [1.807, 2.05) is 35.7 Å². The summed E-state index contributed by atoms with van der Waals surface area (Å²) in [4.78, 5) is 18.2. The van der Waals surface area contributed by atoms with Crippen LogP contribution in [0.1, 0.15) is 22.7 Å². The van der Waals surface area contributed by atoms with Crippen LogP contribution in [0.3, 0.4) is 0 Å². The summed E-state index contributed by atoms with van der Waals surface area (Å²) in [5, 5.41) is 3.77. The van der Waals surface area contributed by atoms with Crippen LogP contribution in [0.4, 0.5) is 0 Å². The summed E-state index contributed by atoms with van der Waals surface area (Å²) in [6.07, 6.45) is 4.59. The Hall–Kier alpha value is -2.02. The zero-order chi connectivity index (χ0) is 15.9. The molecule has 4 rings (SSSR count). The van der Waals surface area contributed by atoms with Crippen LogP contribution < -0.4 is 4.74 Å². The maximum atomic E-state index is 12.3. The first-order valence-electron chi connectivity index (χ1n) is 7.57. The lowest BCUT2D eigenvalue weighted by molar-refractivity contribution is 0.0478. The van der Waals surface area contributed by atoms with Crippen LogP contribution in [0.5, 0.6) is 5.75 Å². The minimum atomic E-state index is -0.0755. The highest BCUT2D eigenvalue weighted by Crippen LogP contribution is 2.46. The Morgan fingerprint density at radius 3 is 3.09 bits per heavy atom. The maximum Gasteiger partial charge on any atom is 0.292 e. The van der Waals surface area contributed by atoms with E-state index in [1.165, 1.54) is 0 Å². The molecule has 1 amide bonds. The van der Waals surface area contributed by atoms with Crippen molar-refractivity contribution in [2.24, 2.45) is 0 Å². The number of hydrogen-bond acceptors (Lipinski definition) is 6. The zero-order valence-corrected chi connectivity index (χ0v) is 13.6. The third kappa shape index (κ3) is 2.81. The van der Waals surface area contributed by atoms with Gasteiger partial charge in [-0.25, -0.2) is 0 Å². The van der Waals surface area contributed by atoms with Crippen LogP contribution in [-0.4, -0.2) is 50.6 Å². The van der Waals surface area contributed by atoms with Crippen LogP contribution in [0.25, 0.3) is 0 Å². The van der Waals surface area contributed by atoms with Crippen molar-refractivity contribution in [2.45, 2.75) is 24.2 Å². The van der Waals surface area contributed by atoms with E-state index in [0.717, 1.165) is 36.7 Å². The topological polar surface area (TPSA) is 68.5 Å². The largest absolute Gasteiger partial charge is 0.488 e. The summed E-state index contributed by atoms with van der Waals surface area (Å²) >= 11 is 1.89. The van der Waals surface area contributed by atoms with E-state index in [4.69, 9.17) is 9.26 Å². The predicted molar refractivity (Wildman–Crippen MR) is 85.6 cm³/mol. The van der Waals surface area contributed by atoms with Crippen LogP contribution >= 0.6 is 11.8 Å². The molecule has 1 spiro atoms. The number of rotatable bonds is 3. The highest BCUT2D eigenvalue weighted by Gasteiger charge is 2.51. The monoisotopic (exact) mass is 331 g/mol. The van der Waals surface area contributed by atoms with E-state index in [2.05, 4.69) is 10.1 Å². The van der Waals surface area contributed by atoms with Gasteiger partial charge in [-0.2, -0.15) is 0 Å². The summed E-state index contributed by atoms with van der Waals surface area (Å²) in [6.45, 7) is 3.29. The average molecular weight is 331 g/mol. The highest BCUT2D eigenvalue weighted by molar-refractivity contribution is 8.01. The number of amides is 1. The van der Waals surface area contributed by atoms with Crippen molar-refractivity contribution < 1.29 is 14.1 Å². The fourth-order valence-corrected chi connectivity index (χ4v) is 4.64. The molecular formula is C16H17N3O3S. The third-order valence-corrected chi connectivity index (χ3v) is 5.77. The summed E-state index contributed by atoms with van der Waals surface area (Å²) in [6, 6.07) is 5.48. The first kappa shape index (κ1) is 14.6. The molecule has 2 aliphatic heterocycles. The fraction of sp³-hybridized carbons (Fsp3) is 0.438. The number of aromatic nitrogens is 2. The van der Waals surface area contributed by atoms with Crippen molar-refractivity contribution >= 4 is 17.7 Å². The molecule has 120 valence electrons. The molecule has 2 aromatic rings. The molecule has 2 saturated heterocycles. The Labute approximate surface area is 138 Å². The van der Waals surface area contributed by atoms with Crippen LogP contribution in [-0.2, 0) is 0 Å². The van der Waals surface area contributed by atoms with E-state index in [9.17, 15) is 4.79 Å². The van der Waals surface area contributed by atoms with Gasteiger partial charge in [0.05, 0.1) is 16.6 Å². The molecule has 7 heteroatoms. The van der Waals surface area contributed by atoms with Crippen LogP contribution in [0.15, 0.2) is 35.1 Å². The van der Waals surface area contributed by atoms with Gasteiger partial charge in [0.25, 0.3) is 5.91 Å². The molecule has 0 aliphatic carbocycles. The van der Waals surface area contributed by atoms with E-state index in [0.29, 0.717) is 5.76 Å². The standard InChI is InChI=1S/C16H17N3O3S/c1-11-5-14(22-18-11)15(20)19-9-16(10-19)6-13(8-23-16)21-12-3-2-4-17-7-12/h2-5,7,13H,6,8-10H2,1H3/t13-/m1/s1. The highest BCUT2D eigenvalue weighted by atomic mass is 32.2. The summed E-state index contributed by atoms with van der Waals surface area (Å²) < 4.78 is 11.2. The van der Waals surface area contributed by atoms with Gasteiger partial charge in [0, 0.05) is 37.5 Å². The molecule has 0 radical (unpaired) electrons. The number of aryl methyl sites for hydroxylation is 1. The van der Waals surface area contributed by atoms with Crippen LogP contribution in [0.2, 0.25) is 0 Å². The Morgan fingerprint density at radius 1 is 1.52 bits per heavy atom. The molecule has 0 unspecified atom stereocenters. The van der Waals surface area contributed by atoms with E-state index in [1.54, 1.807) is 18.5 Å². The van der Waals surface area contributed by atoms with Gasteiger partial charge >= 0.3 is 0 Å². The second-order valence-corrected chi connectivity index (χ2v) is 7.61. The Morgan fingerprint density at radius 2 is 2.39 bits per heavy atom. The lowest BCUT2D eigenvalue weighted by Gasteiger charge is -2.46. The number of nitrogens with zero attached hydrogens (tertiary/aromatic N) is 3. The van der Waals surface area contributed by atoms with Gasteiger partial charge in [-0.1, -0.05) is 5.16 Å². The van der Waals surface area contributed by atoms with E-state index >= 15 is 0 Å². The molecule has 6 nitrogen and oxygen atoms in total. The molecule has 2 aliphatic rings.